The molecule has 4 aromatic rings. The van der Waals surface area contributed by atoms with Gasteiger partial charge in [0.25, 0.3) is 20.2 Å². The second kappa shape index (κ2) is 8.92. The van der Waals surface area contributed by atoms with E-state index in [0.29, 0.717) is 11.1 Å². The normalized spacial score (nSPS) is 11.9. The molecule has 4 aromatic carbocycles. The molecule has 33 heavy (non-hydrogen) atoms. The van der Waals surface area contributed by atoms with Gasteiger partial charge in [0.15, 0.2) is 0 Å². The average molecular weight is 481 g/mol. The first-order chi connectivity index (χ1) is 15.6. The minimum atomic E-state index is -4.58. The fraction of sp³-hybridized carbons (Fsp3) is 0.0400. The molecular weight excluding hydrogens is 460 g/mol. The van der Waals surface area contributed by atoms with E-state index in [4.69, 9.17) is 0 Å². The Morgan fingerprint density at radius 3 is 1.18 bits per heavy atom. The third-order valence-corrected chi connectivity index (χ3v) is 7.18. The minimum absolute atomic E-state index is 0.147. The summed E-state index contributed by atoms with van der Waals surface area (Å²) in [4.78, 5) is -0.651. The van der Waals surface area contributed by atoms with Crippen LogP contribution in [0.25, 0.3) is 22.3 Å². The summed E-state index contributed by atoms with van der Waals surface area (Å²) in [6, 6.07) is 27.4. The van der Waals surface area contributed by atoms with Crippen LogP contribution in [0.1, 0.15) is 11.1 Å². The van der Waals surface area contributed by atoms with E-state index in [1.165, 1.54) is 12.1 Å². The van der Waals surface area contributed by atoms with Crippen LogP contribution in [0, 0.1) is 0 Å². The molecule has 0 aliphatic heterocycles. The summed E-state index contributed by atoms with van der Waals surface area (Å²) in [6.07, 6.45) is -0.147. The summed E-state index contributed by atoms with van der Waals surface area (Å²) in [7, 11) is -9.15. The van der Waals surface area contributed by atoms with Gasteiger partial charge in [-0.05, 0) is 57.6 Å². The van der Waals surface area contributed by atoms with Crippen molar-refractivity contribution in [2.75, 3.05) is 0 Å². The summed E-state index contributed by atoms with van der Waals surface area (Å²) in [5.74, 6) is 0. The van der Waals surface area contributed by atoms with Gasteiger partial charge in [0.1, 0.15) is 0 Å². The van der Waals surface area contributed by atoms with Crippen LogP contribution in [0.4, 0.5) is 0 Å². The minimum Gasteiger partial charge on any atom is -0.282 e. The first kappa shape index (κ1) is 22.9. The highest BCUT2D eigenvalue weighted by molar-refractivity contribution is 7.86. The van der Waals surface area contributed by atoms with Crippen molar-refractivity contribution >= 4 is 20.2 Å². The Bertz CT molecular complexity index is 1400. The molecule has 0 aliphatic rings. The summed E-state index contributed by atoms with van der Waals surface area (Å²) < 4.78 is 67.8. The maximum atomic E-state index is 12.0. The monoisotopic (exact) mass is 480 g/mol. The van der Waals surface area contributed by atoms with Crippen molar-refractivity contribution in [1.82, 2.24) is 0 Å². The van der Waals surface area contributed by atoms with E-state index >= 15 is 0 Å². The zero-order valence-corrected chi connectivity index (χ0v) is 18.9. The lowest BCUT2D eigenvalue weighted by molar-refractivity contribution is 0.481. The number of hydrogen-bond acceptors (Lipinski definition) is 4. The molecule has 0 fully saturated rings. The first-order valence-corrected chi connectivity index (χ1v) is 12.8. The molecule has 0 spiro atoms. The standard InChI is InChI=1S/C25H20O6S2/c26-32(27,28)24-13-11-20(18-7-3-1-4-8-18)15-22(24)17-23-16-21(19-9-5-2-6-10-19)12-14-25(23)33(29,30)31/h1-16H,17H2,(H,26,27,28)(H,29,30,31). The topological polar surface area (TPSA) is 109 Å². The molecule has 0 saturated heterocycles. The Kier molecular flexibility index (Phi) is 6.18. The molecule has 168 valence electrons. The van der Waals surface area contributed by atoms with E-state index < -0.39 is 20.2 Å². The van der Waals surface area contributed by atoms with Crippen LogP contribution in [-0.4, -0.2) is 25.9 Å². The number of rotatable bonds is 6. The van der Waals surface area contributed by atoms with E-state index in [1.807, 2.05) is 60.7 Å². The fourth-order valence-corrected chi connectivity index (χ4v) is 5.17. The summed E-state index contributed by atoms with van der Waals surface area (Å²) in [6.45, 7) is 0. The van der Waals surface area contributed by atoms with Gasteiger partial charge in [-0.2, -0.15) is 16.8 Å². The molecular formula is C25H20O6S2. The molecule has 0 atom stereocenters. The maximum absolute atomic E-state index is 12.0. The molecule has 0 unspecified atom stereocenters. The van der Waals surface area contributed by atoms with Crippen LogP contribution >= 0.6 is 0 Å². The lowest BCUT2D eigenvalue weighted by Gasteiger charge is -2.14. The number of benzene rings is 4. The van der Waals surface area contributed by atoms with Crippen molar-refractivity contribution in [3.8, 4) is 22.3 Å². The highest BCUT2D eigenvalue weighted by Gasteiger charge is 2.21. The molecule has 0 saturated carbocycles. The van der Waals surface area contributed by atoms with Crippen molar-refractivity contribution in [2.45, 2.75) is 16.2 Å². The largest absolute Gasteiger partial charge is 0.294 e. The Labute approximate surface area is 192 Å². The van der Waals surface area contributed by atoms with E-state index in [9.17, 15) is 25.9 Å². The summed E-state index contributed by atoms with van der Waals surface area (Å²) in [5.41, 5.74) is 3.46. The van der Waals surface area contributed by atoms with E-state index in [1.54, 1.807) is 24.3 Å². The molecule has 0 radical (unpaired) electrons. The van der Waals surface area contributed by atoms with E-state index in [2.05, 4.69) is 0 Å². The molecule has 0 heterocycles. The zero-order valence-electron chi connectivity index (χ0n) is 17.3. The van der Waals surface area contributed by atoms with Gasteiger partial charge in [-0.25, -0.2) is 0 Å². The Morgan fingerprint density at radius 1 is 0.485 bits per heavy atom. The van der Waals surface area contributed by atoms with Gasteiger partial charge in [0.2, 0.25) is 0 Å². The average Bonchev–Trinajstić information content (AvgIpc) is 2.79. The predicted octanol–water partition coefficient (Wildman–Crippen LogP) is 5.10. The van der Waals surface area contributed by atoms with Crippen LogP contribution in [-0.2, 0) is 26.7 Å². The molecule has 0 amide bonds. The van der Waals surface area contributed by atoms with Crippen LogP contribution in [0.5, 0.6) is 0 Å². The smallest absolute Gasteiger partial charge is 0.282 e. The maximum Gasteiger partial charge on any atom is 0.294 e. The number of hydrogen-bond donors (Lipinski definition) is 2. The predicted molar refractivity (Wildman–Crippen MR) is 126 cm³/mol. The molecule has 6 nitrogen and oxygen atoms in total. The van der Waals surface area contributed by atoms with E-state index in [-0.39, 0.29) is 27.3 Å². The Morgan fingerprint density at radius 2 is 0.848 bits per heavy atom. The van der Waals surface area contributed by atoms with Crippen LogP contribution in [0.15, 0.2) is 107 Å². The van der Waals surface area contributed by atoms with Crippen LogP contribution in [0.3, 0.4) is 0 Å². The second-order valence-electron chi connectivity index (χ2n) is 7.50. The SMILES string of the molecule is O=S(=O)(O)c1ccc(-c2ccccc2)cc1Cc1cc(-c2ccccc2)ccc1S(=O)(=O)O. The summed E-state index contributed by atoms with van der Waals surface area (Å²) >= 11 is 0. The Balaban J connectivity index is 1.90. The van der Waals surface area contributed by atoms with Gasteiger partial charge in [0.05, 0.1) is 9.79 Å². The quantitative estimate of drug-likeness (QED) is 0.372. The zero-order chi connectivity index (χ0) is 23.6. The van der Waals surface area contributed by atoms with Crippen molar-refractivity contribution in [3.63, 3.8) is 0 Å². The second-order valence-corrected chi connectivity index (χ2v) is 10.3. The van der Waals surface area contributed by atoms with Crippen LogP contribution < -0.4 is 0 Å². The molecule has 4 rings (SSSR count). The van der Waals surface area contributed by atoms with Gasteiger partial charge in [-0.1, -0.05) is 72.8 Å². The molecule has 0 aliphatic carbocycles. The summed E-state index contributed by atoms with van der Waals surface area (Å²) in [5, 5.41) is 0. The van der Waals surface area contributed by atoms with Crippen molar-refractivity contribution in [2.24, 2.45) is 0 Å². The lowest BCUT2D eigenvalue weighted by atomic mass is 9.96. The molecule has 0 bridgehead atoms. The van der Waals surface area contributed by atoms with E-state index in [0.717, 1.165) is 11.1 Å². The third kappa shape index (κ3) is 5.20. The van der Waals surface area contributed by atoms with Crippen molar-refractivity contribution < 1.29 is 25.9 Å². The van der Waals surface area contributed by atoms with Gasteiger partial charge < -0.3 is 0 Å². The van der Waals surface area contributed by atoms with Gasteiger partial charge in [-0.15, -0.1) is 0 Å². The third-order valence-electron chi connectivity index (χ3n) is 5.27. The lowest BCUT2D eigenvalue weighted by Crippen LogP contribution is -2.08. The molecule has 0 aromatic heterocycles. The van der Waals surface area contributed by atoms with Crippen molar-refractivity contribution in [1.29, 1.82) is 0 Å². The van der Waals surface area contributed by atoms with Crippen molar-refractivity contribution in [3.05, 3.63) is 108 Å². The van der Waals surface area contributed by atoms with Gasteiger partial charge in [0, 0.05) is 6.42 Å². The van der Waals surface area contributed by atoms with Gasteiger partial charge >= 0.3 is 0 Å². The highest BCUT2D eigenvalue weighted by atomic mass is 32.2. The highest BCUT2D eigenvalue weighted by Crippen LogP contribution is 2.31. The molecule has 2 N–H and O–H groups in total. The van der Waals surface area contributed by atoms with Gasteiger partial charge in [-0.3, -0.25) is 9.11 Å². The molecule has 8 heteroatoms. The van der Waals surface area contributed by atoms with Crippen LogP contribution in [0.2, 0.25) is 0 Å². The first-order valence-electron chi connectivity index (χ1n) is 9.94. The Hall–Kier alpha value is -3.30. The fourth-order valence-electron chi connectivity index (χ4n) is 3.76.